The number of piperazine rings is 1. The van der Waals surface area contributed by atoms with Gasteiger partial charge in [0.05, 0.1) is 30.1 Å². The Balaban J connectivity index is 0.00000259. The molecule has 240 valence electrons. The smallest absolute Gasteiger partial charge is 0.383 e. The molecule has 4 rings (SSSR count). The van der Waals surface area contributed by atoms with Crippen LogP contribution in [-0.2, 0) is 15.7 Å². The van der Waals surface area contributed by atoms with Gasteiger partial charge in [0.1, 0.15) is 11.6 Å². The van der Waals surface area contributed by atoms with Crippen LogP contribution in [0.2, 0.25) is 0 Å². The van der Waals surface area contributed by atoms with Gasteiger partial charge in [0.25, 0.3) is 0 Å². The number of ether oxygens (including phenoxy) is 1. The molecule has 13 heteroatoms. The van der Waals surface area contributed by atoms with Crippen LogP contribution in [0.4, 0.5) is 27.8 Å². The summed E-state index contributed by atoms with van der Waals surface area (Å²) >= 11 is 1.14. The van der Waals surface area contributed by atoms with Gasteiger partial charge in [-0.1, -0.05) is 32.6 Å². The molecule has 7 nitrogen and oxygen atoms in total. The van der Waals surface area contributed by atoms with Gasteiger partial charge in [-0.25, -0.2) is 13.6 Å². The van der Waals surface area contributed by atoms with Gasteiger partial charge in [0, 0.05) is 60.0 Å². The van der Waals surface area contributed by atoms with E-state index >= 15 is 0 Å². The molecular formula is C31H37F5N4O3S. The maximum atomic E-state index is 14.6. The third-order valence-corrected chi connectivity index (χ3v) is 8.62. The lowest BCUT2D eigenvalue weighted by atomic mass is 10.00. The SMILES string of the molecule is C=CC(=O)N1C(C)CN(c2nc(=O)n3c4c(c(/C=C/C(C)=C(F)\C=C\F)c(C(F)(F)F)cc24)SCC3COC)CC1C.CC. The molecule has 3 unspecified atom stereocenters. The van der Waals surface area contributed by atoms with Crippen molar-refractivity contribution >= 4 is 40.5 Å². The van der Waals surface area contributed by atoms with Gasteiger partial charge in [-0.2, -0.15) is 18.2 Å². The number of methoxy groups -OCH3 is 1. The van der Waals surface area contributed by atoms with Crippen molar-refractivity contribution < 1.29 is 31.5 Å². The van der Waals surface area contributed by atoms with E-state index < -0.39 is 29.3 Å². The normalized spacial score (nSPS) is 21.0. The van der Waals surface area contributed by atoms with Gasteiger partial charge in [-0.3, -0.25) is 9.36 Å². The molecular weight excluding hydrogens is 603 g/mol. The van der Waals surface area contributed by atoms with Gasteiger partial charge in [-0.05, 0) is 38.5 Å². The number of carbonyl (C=O) groups excluding carboxylic acids is 1. The summed E-state index contributed by atoms with van der Waals surface area (Å²) < 4.78 is 77.1. The Morgan fingerprint density at radius 1 is 1.20 bits per heavy atom. The van der Waals surface area contributed by atoms with Crippen LogP contribution in [0.1, 0.15) is 51.8 Å². The predicted molar refractivity (Wildman–Crippen MR) is 165 cm³/mol. The number of alkyl halides is 3. The minimum atomic E-state index is -4.81. The number of halogens is 5. The lowest BCUT2D eigenvalue weighted by molar-refractivity contribution is -0.137. The van der Waals surface area contributed by atoms with Crippen molar-refractivity contribution in [2.75, 3.05) is 37.5 Å². The average molecular weight is 641 g/mol. The maximum absolute atomic E-state index is 14.6. The summed E-state index contributed by atoms with van der Waals surface area (Å²) in [7, 11) is 1.47. The number of rotatable bonds is 7. The van der Waals surface area contributed by atoms with Crippen molar-refractivity contribution in [1.82, 2.24) is 14.5 Å². The molecule has 2 aliphatic heterocycles. The Morgan fingerprint density at radius 3 is 2.39 bits per heavy atom. The maximum Gasteiger partial charge on any atom is 0.417 e. The number of benzene rings is 1. The quantitative estimate of drug-likeness (QED) is 0.183. The Hall–Kier alpha value is -3.45. The Kier molecular flexibility index (Phi) is 11.6. The summed E-state index contributed by atoms with van der Waals surface area (Å²) in [6.45, 7) is 13.1. The molecule has 1 amide bonds. The summed E-state index contributed by atoms with van der Waals surface area (Å²) in [6.07, 6.45) is -0.740. The van der Waals surface area contributed by atoms with Gasteiger partial charge in [0.15, 0.2) is 0 Å². The molecule has 2 aromatic rings. The molecule has 1 aromatic heterocycles. The molecule has 3 atom stereocenters. The molecule has 0 spiro atoms. The van der Waals surface area contributed by atoms with Gasteiger partial charge in [0.2, 0.25) is 5.91 Å². The van der Waals surface area contributed by atoms with E-state index in [1.54, 1.807) is 9.80 Å². The zero-order valence-electron chi connectivity index (χ0n) is 25.5. The first kappa shape index (κ1) is 35.0. The number of amides is 1. The number of anilines is 1. The number of nitrogens with zero attached hydrogens (tertiary/aromatic N) is 4. The van der Waals surface area contributed by atoms with Crippen molar-refractivity contribution in [3.63, 3.8) is 0 Å². The molecule has 1 fully saturated rings. The highest BCUT2D eigenvalue weighted by atomic mass is 32.2. The summed E-state index contributed by atoms with van der Waals surface area (Å²) in [4.78, 5) is 33.8. The highest BCUT2D eigenvalue weighted by Crippen LogP contribution is 2.46. The van der Waals surface area contributed by atoms with Crippen LogP contribution in [0.15, 0.2) is 58.3 Å². The van der Waals surface area contributed by atoms with Gasteiger partial charge >= 0.3 is 11.9 Å². The lowest BCUT2D eigenvalue weighted by Gasteiger charge is -2.45. The van der Waals surface area contributed by atoms with E-state index in [1.165, 1.54) is 24.7 Å². The van der Waals surface area contributed by atoms with Crippen LogP contribution >= 0.6 is 11.8 Å². The van der Waals surface area contributed by atoms with Crippen LogP contribution < -0.4 is 10.6 Å². The van der Waals surface area contributed by atoms with E-state index in [0.29, 0.717) is 6.08 Å². The van der Waals surface area contributed by atoms with Crippen molar-refractivity contribution in [3.05, 3.63) is 70.2 Å². The van der Waals surface area contributed by atoms with Crippen molar-refractivity contribution in [2.24, 2.45) is 0 Å². The summed E-state index contributed by atoms with van der Waals surface area (Å²) in [5, 5.41) is 0.129. The van der Waals surface area contributed by atoms with Crippen molar-refractivity contribution in [3.8, 4) is 0 Å². The number of hydrogen-bond acceptors (Lipinski definition) is 6. The Bertz CT molecular complexity index is 1540. The van der Waals surface area contributed by atoms with Crippen LogP contribution in [0, 0.1) is 0 Å². The fourth-order valence-electron chi connectivity index (χ4n) is 5.58. The monoisotopic (exact) mass is 640 g/mol. The topological polar surface area (TPSA) is 67.7 Å². The fraction of sp³-hybridized carbons (Fsp3) is 0.452. The molecule has 0 bridgehead atoms. The molecule has 2 aliphatic rings. The number of hydrogen-bond donors (Lipinski definition) is 0. The van der Waals surface area contributed by atoms with Gasteiger partial charge in [-0.15, -0.1) is 11.8 Å². The van der Waals surface area contributed by atoms with Crippen LogP contribution in [-0.4, -0.2) is 65.0 Å². The first-order valence-corrected chi connectivity index (χ1v) is 15.2. The van der Waals surface area contributed by atoms with Crippen molar-refractivity contribution in [1.29, 1.82) is 0 Å². The highest BCUT2D eigenvalue weighted by Gasteiger charge is 2.39. The first-order valence-electron chi connectivity index (χ1n) is 14.2. The van der Waals surface area contributed by atoms with E-state index in [1.807, 2.05) is 27.7 Å². The fourth-order valence-corrected chi connectivity index (χ4v) is 6.86. The van der Waals surface area contributed by atoms with E-state index in [0.717, 1.165) is 30.0 Å². The van der Waals surface area contributed by atoms with Crippen LogP contribution in [0.5, 0.6) is 0 Å². The molecule has 3 heterocycles. The van der Waals surface area contributed by atoms with Crippen molar-refractivity contribution in [2.45, 2.75) is 63.8 Å². The van der Waals surface area contributed by atoms with E-state index in [4.69, 9.17) is 4.74 Å². The number of carbonyl (C=O) groups is 1. The number of thioether (sulfide) groups is 1. The molecule has 1 aromatic carbocycles. The Morgan fingerprint density at radius 2 is 1.84 bits per heavy atom. The highest BCUT2D eigenvalue weighted by molar-refractivity contribution is 7.99. The molecule has 44 heavy (non-hydrogen) atoms. The number of allylic oxidation sites excluding steroid dienone is 4. The summed E-state index contributed by atoms with van der Waals surface area (Å²) in [6, 6.07) is -0.200. The zero-order chi connectivity index (χ0) is 32.9. The molecule has 0 radical (unpaired) electrons. The predicted octanol–water partition coefficient (Wildman–Crippen LogP) is 7.09. The Labute approximate surface area is 257 Å². The largest absolute Gasteiger partial charge is 0.417 e. The third-order valence-electron chi connectivity index (χ3n) is 7.37. The second-order valence-corrected chi connectivity index (χ2v) is 11.3. The van der Waals surface area contributed by atoms with Crippen LogP contribution in [0.25, 0.3) is 17.0 Å². The van der Waals surface area contributed by atoms with Gasteiger partial charge < -0.3 is 14.5 Å². The minimum Gasteiger partial charge on any atom is -0.383 e. The average Bonchev–Trinajstić information content (AvgIpc) is 2.98. The van der Waals surface area contributed by atoms with E-state index in [2.05, 4.69) is 11.6 Å². The molecule has 0 saturated carbocycles. The minimum absolute atomic E-state index is 0.00144. The zero-order valence-corrected chi connectivity index (χ0v) is 26.4. The van der Waals surface area contributed by atoms with E-state index in [-0.39, 0.29) is 82.5 Å². The number of aromatic nitrogens is 2. The summed E-state index contributed by atoms with van der Waals surface area (Å²) in [5.41, 5.74) is -1.67. The molecule has 1 saturated heterocycles. The second kappa shape index (κ2) is 14.6. The van der Waals surface area contributed by atoms with Crippen LogP contribution in [0.3, 0.4) is 0 Å². The molecule has 0 aliphatic carbocycles. The third kappa shape index (κ3) is 6.93. The van der Waals surface area contributed by atoms with E-state index in [9.17, 15) is 31.5 Å². The standard InChI is InChI=1S/C29H31F5N4O3S.C2H6/c1-6-24(39)37-17(3)12-36(13-18(37)4)27-21-11-22(29(32,33)34)20(8-7-16(2)23(31)9-10-30)26-25(21)38(28(40)35-27)19(14-41-5)15-42-26;1-2/h6-11,17-19H,1,12-15H2,2-5H3;1-2H3/b8-7+,10-9+,23-16+;. The lowest BCUT2D eigenvalue weighted by Crippen LogP contribution is -2.58. The second-order valence-electron chi connectivity index (χ2n) is 10.3. The first-order chi connectivity index (χ1) is 20.8. The molecule has 0 N–H and O–H groups in total. The summed E-state index contributed by atoms with van der Waals surface area (Å²) in [5.74, 6) is -0.877.